The van der Waals surface area contributed by atoms with E-state index in [9.17, 15) is 4.79 Å². The first-order valence-corrected chi connectivity index (χ1v) is 10.9. The Kier molecular flexibility index (Phi) is 6.84. The molecule has 0 unspecified atom stereocenters. The quantitative estimate of drug-likeness (QED) is 0.609. The number of benzene rings is 1. The zero-order valence-electron chi connectivity index (χ0n) is 17.6. The maximum Gasteiger partial charge on any atom is 0.251 e. The van der Waals surface area contributed by atoms with Crippen LogP contribution in [-0.2, 0) is 6.42 Å². The number of rotatable bonds is 7. The van der Waals surface area contributed by atoms with Gasteiger partial charge in [-0.1, -0.05) is 30.7 Å². The van der Waals surface area contributed by atoms with Crippen LogP contribution in [0.4, 0.5) is 5.82 Å². The number of nitrogens with one attached hydrogen (secondary N) is 1. The van der Waals surface area contributed by atoms with E-state index in [1.807, 2.05) is 43.3 Å². The molecule has 1 N–H and O–H groups in total. The summed E-state index contributed by atoms with van der Waals surface area (Å²) in [7, 11) is 0. The smallest absolute Gasteiger partial charge is 0.251 e. The van der Waals surface area contributed by atoms with Crippen LogP contribution in [-0.4, -0.2) is 59.2 Å². The summed E-state index contributed by atoms with van der Waals surface area (Å²) in [6.45, 7) is 7.15. The number of aromatic nitrogens is 3. The summed E-state index contributed by atoms with van der Waals surface area (Å²) < 4.78 is 5.80. The lowest BCUT2D eigenvalue weighted by Crippen LogP contribution is -2.47. The highest BCUT2D eigenvalue weighted by atomic mass is 35.5. The van der Waals surface area contributed by atoms with Crippen molar-refractivity contribution in [2.24, 2.45) is 0 Å². The molecule has 1 aromatic carbocycles. The fourth-order valence-corrected chi connectivity index (χ4v) is 3.78. The van der Waals surface area contributed by atoms with Crippen molar-refractivity contribution in [3.8, 4) is 17.1 Å². The van der Waals surface area contributed by atoms with E-state index in [4.69, 9.17) is 16.3 Å². The van der Waals surface area contributed by atoms with Crippen molar-refractivity contribution in [2.75, 3.05) is 44.2 Å². The average molecular weight is 440 g/mol. The number of hydrogen-bond acceptors (Lipinski definition) is 6. The number of aromatic amines is 1. The molecule has 1 saturated heterocycles. The normalized spacial score (nSPS) is 14.6. The van der Waals surface area contributed by atoms with Crippen LogP contribution in [0, 0.1) is 0 Å². The van der Waals surface area contributed by atoms with Gasteiger partial charge in [0.15, 0.2) is 0 Å². The van der Waals surface area contributed by atoms with E-state index in [2.05, 4.69) is 24.8 Å². The molecule has 7 nitrogen and oxygen atoms in total. The van der Waals surface area contributed by atoms with Crippen molar-refractivity contribution in [3.05, 3.63) is 69.7 Å². The van der Waals surface area contributed by atoms with Crippen LogP contribution in [0.5, 0.6) is 5.75 Å². The number of piperazine rings is 1. The molecule has 0 bridgehead atoms. The number of anilines is 1. The molecule has 1 fully saturated rings. The van der Waals surface area contributed by atoms with Crippen LogP contribution in [0.2, 0.25) is 5.02 Å². The Balaban J connectivity index is 1.29. The van der Waals surface area contributed by atoms with Gasteiger partial charge in [-0.15, -0.1) is 0 Å². The molecule has 8 heteroatoms. The molecule has 0 spiro atoms. The van der Waals surface area contributed by atoms with Crippen LogP contribution in [0.1, 0.15) is 12.6 Å². The average Bonchev–Trinajstić information content (AvgIpc) is 2.80. The number of nitrogens with zero attached hydrogens (tertiary/aromatic N) is 4. The Bertz CT molecular complexity index is 1060. The minimum atomic E-state index is -0.138. The maximum absolute atomic E-state index is 11.8. The Morgan fingerprint density at radius 3 is 2.65 bits per heavy atom. The summed E-state index contributed by atoms with van der Waals surface area (Å²) in [6, 6.07) is 13.0. The van der Waals surface area contributed by atoms with Crippen LogP contribution in [0.15, 0.2) is 53.5 Å². The number of pyridine rings is 1. The lowest BCUT2D eigenvalue weighted by atomic mass is 10.2. The highest BCUT2D eigenvalue weighted by Gasteiger charge is 2.18. The van der Waals surface area contributed by atoms with E-state index in [1.54, 1.807) is 6.20 Å². The lowest BCUT2D eigenvalue weighted by molar-refractivity contribution is 0.200. The van der Waals surface area contributed by atoms with Gasteiger partial charge in [-0.2, -0.15) is 0 Å². The van der Waals surface area contributed by atoms with E-state index in [1.165, 1.54) is 6.07 Å². The minimum absolute atomic E-state index is 0.138. The predicted molar refractivity (Wildman–Crippen MR) is 123 cm³/mol. The summed E-state index contributed by atoms with van der Waals surface area (Å²) in [5.74, 6) is 2.23. The van der Waals surface area contributed by atoms with Gasteiger partial charge in [-0.25, -0.2) is 9.97 Å². The highest BCUT2D eigenvalue weighted by Crippen LogP contribution is 2.23. The molecule has 0 aliphatic carbocycles. The number of halogens is 1. The number of hydrogen-bond donors (Lipinski definition) is 1. The maximum atomic E-state index is 11.8. The third-order valence-electron chi connectivity index (χ3n) is 5.38. The van der Waals surface area contributed by atoms with Gasteiger partial charge >= 0.3 is 0 Å². The third kappa shape index (κ3) is 5.42. The molecular weight excluding hydrogens is 414 g/mol. The molecule has 162 valence electrons. The molecule has 4 rings (SSSR count). The second-order valence-electron chi connectivity index (χ2n) is 7.45. The summed E-state index contributed by atoms with van der Waals surface area (Å²) in [5.41, 5.74) is 1.45. The van der Waals surface area contributed by atoms with Gasteiger partial charge in [0, 0.05) is 56.2 Å². The van der Waals surface area contributed by atoms with Crippen molar-refractivity contribution in [2.45, 2.75) is 13.3 Å². The topological polar surface area (TPSA) is 74.4 Å². The van der Waals surface area contributed by atoms with Crippen molar-refractivity contribution < 1.29 is 4.74 Å². The van der Waals surface area contributed by atoms with Gasteiger partial charge in [0.1, 0.15) is 24.0 Å². The first-order valence-electron chi connectivity index (χ1n) is 10.5. The SMILES string of the molecule is CCc1cc(=O)[nH]c(-c2ccc(N3CCN(CCOc4ccccc4Cl)CC3)nc2)n1. The summed E-state index contributed by atoms with van der Waals surface area (Å²) in [6.07, 6.45) is 2.49. The minimum Gasteiger partial charge on any atom is -0.491 e. The second kappa shape index (κ2) is 9.94. The predicted octanol–water partition coefficient (Wildman–Crippen LogP) is 3.25. The molecule has 31 heavy (non-hydrogen) atoms. The molecule has 0 saturated carbocycles. The van der Waals surface area contributed by atoms with Crippen molar-refractivity contribution in [1.82, 2.24) is 19.9 Å². The van der Waals surface area contributed by atoms with E-state index < -0.39 is 0 Å². The Labute approximate surface area is 186 Å². The van der Waals surface area contributed by atoms with Gasteiger partial charge in [0.25, 0.3) is 5.56 Å². The van der Waals surface area contributed by atoms with Crippen molar-refractivity contribution in [3.63, 3.8) is 0 Å². The fourth-order valence-electron chi connectivity index (χ4n) is 3.59. The summed E-state index contributed by atoms with van der Waals surface area (Å²) in [4.78, 5) is 28.4. The van der Waals surface area contributed by atoms with Gasteiger partial charge < -0.3 is 14.6 Å². The van der Waals surface area contributed by atoms with E-state index >= 15 is 0 Å². The first-order chi connectivity index (χ1) is 15.1. The number of H-pyrrole nitrogens is 1. The van der Waals surface area contributed by atoms with Gasteiger partial charge in [0.2, 0.25) is 0 Å². The highest BCUT2D eigenvalue weighted by molar-refractivity contribution is 6.32. The van der Waals surface area contributed by atoms with E-state index in [-0.39, 0.29) is 5.56 Å². The molecule has 1 aliphatic rings. The Morgan fingerprint density at radius 1 is 1.13 bits per heavy atom. The molecular formula is C23H26ClN5O2. The second-order valence-corrected chi connectivity index (χ2v) is 7.86. The number of ether oxygens (including phenoxy) is 1. The standard InChI is InChI=1S/C23H26ClN5O2/c1-2-18-15-22(30)27-23(26-18)17-7-8-21(25-16-17)29-11-9-28(10-12-29)13-14-31-20-6-4-3-5-19(20)24/h3-8,15-16H,2,9-14H2,1H3,(H,26,27,30). The molecule has 2 aromatic heterocycles. The zero-order chi connectivity index (χ0) is 21.6. The summed E-state index contributed by atoms with van der Waals surface area (Å²) in [5, 5.41) is 0.641. The lowest BCUT2D eigenvalue weighted by Gasteiger charge is -2.35. The molecule has 3 aromatic rings. The fraction of sp³-hybridized carbons (Fsp3) is 0.348. The number of para-hydroxylation sites is 1. The Morgan fingerprint density at radius 2 is 1.94 bits per heavy atom. The molecule has 3 heterocycles. The largest absolute Gasteiger partial charge is 0.491 e. The third-order valence-corrected chi connectivity index (χ3v) is 5.69. The van der Waals surface area contributed by atoms with Gasteiger partial charge in [-0.3, -0.25) is 9.69 Å². The van der Waals surface area contributed by atoms with Crippen molar-refractivity contribution in [1.29, 1.82) is 0 Å². The summed E-state index contributed by atoms with van der Waals surface area (Å²) >= 11 is 6.13. The number of aryl methyl sites for hydroxylation is 1. The molecule has 1 aliphatic heterocycles. The van der Waals surface area contributed by atoms with E-state index in [0.717, 1.165) is 62.0 Å². The Hall–Kier alpha value is -2.90. The monoisotopic (exact) mass is 439 g/mol. The van der Waals surface area contributed by atoms with Crippen molar-refractivity contribution >= 4 is 17.4 Å². The molecule has 0 atom stereocenters. The van der Waals surface area contributed by atoms with Crippen LogP contribution in [0.3, 0.4) is 0 Å². The molecule has 0 radical (unpaired) electrons. The molecule has 0 amide bonds. The van der Waals surface area contributed by atoms with Crippen LogP contribution < -0.4 is 15.2 Å². The zero-order valence-corrected chi connectivity index (χ0v) is 18.3. The van der Waals surface area contributed by atoms with Gasteiger partial charge in [-0.05, 0) is 30.7 Å². The van der Waals surface area contributed by atoms with Crippen LogP contribution >= 0.6 is 11.6 Å². The van der Waals surface area contributed by atoms with Crippen LogP contribution in [0.25, 0.3) is 11.4 Å². The first kappa shape index (κ1) is 21.3. The van der Waals surface area contributed by atoms with Gasteiger partial charge in [0.05, 0.1) is 5.02 Å². The van der Waals surface area contributed by atoms with E-state index in [0.29, 0.717) is 17.5 Å².